The van der Waals surface area contributed by atoms with Crippen LogP contribution in [0, 0.1) is 0 Å². The van der Waals surface area contributed by atoms with Crippen LogP contribution in [0.2, 0.25) is 0 Å². The van der Waals surface area contributed by atoms with E-state index < -0.39 is 0 Å². The summed E-state index contributed by atoms with van der Waals surface area (Å²) in [4.78, 5) is 13.6. The van der Waals surface area contributed by atoms with Crippen LogP contribution in [0.25, 0.3) is 0 Å². The molecule has 0 aliphatic carbocycles. The molecular formula is C23H35IN6O. The maximum Gasteiger partial charge on any atom is 0.190 e. The zero-order chi connectivity index (χ0) is 21.0. The number of pyridine rings is 1. The van der Waals surface area contributed by atoms with E-state index in [1.807, 2.05) is 43.6 Å². The van der Waals surface area contributed by atoms with Gasteiger partial charge in [-0.05, 0) is 49.4 Å². The minimum absolute atomic E-state index is 0. The molecule has 0 spiro atoms. The first-order valence-electron chi connectivity index (χ1n) is 10.7. The van der Waals surface area contributed by atoms with Crippen molar-refractivity contribution in [1.29, 1.82) is 0 Å². The van der Waals surface area contributed by atoms with Crippen molar-refractivity contribution in [2.24, 2.45) is 4.99 Å². The summed E-state index contributed by atoms with van der Waals surface area (Å²) in [7, 11) is 3.52. The van der Waals surface area contributed by atoms with Crippen LogP contribution in [0.1, 0.15) is 12.1 Å². The van der Waals surface area contributed by atoms with Crippen LogP contribution in [0.4, 0.5) is 5.69 Å². The lowest BCUT2D eigenvalue weighted by Gasteiger charge is -2.36. The molecule has 0 unspecified atom stereocenters. The number of piperazine rings is 1. The van der Waals surface area contributed by atoms with Crippen LogP contribution in [0.3, 0.4) is 0 Å². The summed E-state index contributed by atoms with van der Waals surface area (Å²) in [5, 5.41) is 6.77. The second kappa shape index (κ2) is 14.1. The molecule has 3 rings (SSSR count). The zero-order valence-electron chi connectivity index (χ0n) is 18.6. The Hall–Kier alpha value is -2.07. The average molecular weight is 538 g/mol. The average Bonchev–Trinajstić information content (AvgIpc) is 2.82. The van der Waals surface area contributed by atoms with Crippen molar-refractivity contribution in [1.82, 2.24) is 20.5 Å². The monoisotopic (exact) mass is 538 g/mol. The first-order valence-corrected chi connectivity index (χ1v) is 10.7. The highest BCUT2D eigenvalue weighted by Crippen LogP contribution is 2.20. The molecule has 1 aromatic heterocycles. The zero-order valence-corrected chi connectivity index (χ0v) is 20.9. The number of nitrogens with one attached hydrogen (secondary N) is 2. The predicted octanol–water partition coefficient (Wildman–Crippen LogP) is 2.63. The lowest BCUT2D eigenvalue weighted by molar-refractivity contribution is 0.255. The molecule has 0 radical (unpaired) electrons. The maximum atomic E-state index is 5.25. The van der Waals surface area contributed by atoms with Gasteiger partial charge in [0.2, 0.25) is 0 Å². The summed E-state index contributed by atoms with van der Waals surface area (Å²) in [5.74, 6) is 1.77. The highest BCUT2D eigenvalue weighted by Gasteiger charge is 2.16. The quantitative estimate of drug-likeness (QED) is 0.222. The molecule has 1 aromatic carbocycles. The van der Waals surface area contributed by atoms with Gasteiger partial charge in [-0.2, -0.15) is 0 Å². The van der Waals surface area contributed by atoms with E-state index in [1.54, 1.807) is 7.11 Å². The molecule has 1 saturated heterocycles. The van der Waals surface area contributed by atoms with E-state index in [9.17, 15) is 0 Å². The van der Waals surface area contributed by atoms with Crippen LogP contribution >= 0.6 is 24.0 Å². The van der Waals surface area contributed by atoms with Crippen molar-refractivity contribution in [3.63, 3.8) is 0 Å². The normalized spacial score (nSPS) is 14.6. The number of nitrogens with zero attached hydrogens (tertiary/aromatic N) is 4. The second-order valence-electron chi connectivity index (χ2n) is 7.38. The predicted molar refractivity (Wildman–Crippen MR) is 139 cm³/mol. The van der Waals surface area contributed by atoms with Gasteiger partial charge in [-0.25, -0.2) is 0 Å². The van der Waals surface area contributed by atoms with E-state index >= 15 is 0 Å². The molecule has 0 saturated carbocycles. The minimum Gasteiger partial charge on any atom is -0.497 e. The van der Waals surface area contributed by atoms with E-state index in [1.165, 1.54) is 5.69 Å². The summed E-state index contributed by atoms with van der Waals surface area (Å²) in [6.07, 6.45) is 3.82. The number of benzene rings is 1. The molecule has 0 bridgehead atoms. The molecule has 8 heteroatoms. The molecule has 1 aliphatic rings. The Morgan fingerprint density at radius 1 is 1.03 bits per heavy atom. The number of hydrogen-bond acceptors (Lipinski definition) is 5. The van der Waals surface area contributed by atoms with Crippen molar-refractivity contribution in [3.05, 3.63) is 54.4 Å². The number of guanidine groups is 1. The Morgan fingerprint density at radius 2 is 1.77 bits per heavy atom. The van der Waals surface area contributed by atoms with E-state index in [0.29, 0.717) is 0 Å². The van der Waals surface area contributed by atoms with Crippen molar-refractivity contribution in [3.8, 4) is 5.75 Å². The Kier molecular flexibility index (Phi) is 11.4. The van der Waals surface area contributed by atoms with Gasteiger partial charge < -0.3 is 20.3 Å². The minimum atomic E-state index is 0. The Labute approximate surface area is 203 Å². The van der Waals surface area contributed by atoms with Crippen molar-refractivity contribution >= 4 is 35.6 Å². The Morgan fingerprint density at radius 3 is 2.42 bits per heavy atom. The van der Waals surface area contributed by atoms with Crippen LogP contribution in [-0.2, 0) is 6.42 Å². The largest absolute Gasteiger partial charge is 0.497 e. The number of anilines is 1. The molecule has 170 valence electrons. The van der Waals surface area contributed by atoms with Gasteiger partial charge in [0.15, 0.2) is 5.96 Å². The fourth-order valence-corrected chi connectivity index (χ4v) is 3.61. The van der Waals surface area contributed by atoms with Gasteiger partial charge in [-0.1, -0.05) is 6.07 Å². The number of ether oxygens (including phenoxy) is 1. The summed E-state index contributed by atoms with van der Waals surface area (Å²) in [6, 6.07) is 14.4. The van der Waals surface area contributed by atoms with Gasteiger partial charge in [0.25, 0.3) is 0 Å². The van der Waals surface area contributed by atoms with E-state index in [2.05, 4.69) is 42.5 Å². The fraction of sp³-hybridized carbons (Fsp3) is 0.478. The van der Waals surface area contributed by atoms with Crippen molar-refractivity contribution in [2.75, 3.05) is 64.9 Å². The van der Waals surface area contributed by atoms with Gasteiger partial charge in [-0.15, -0.1) is 24.0 Å². The van der Waals surface area contributed by atoms with Gasteiger partial charge in [-0.3, -0.25) is 14.9 Å². The van der Waals surface area contributed by atoms with Gasteiger partial charge in [0.05, 0.1) is 7.11 Å². The van der Waals surface area contributed by atoms with Crippen LogP contribution in [0.15, 0.2) is 53.7 Å². The highest BCUT2D eigenvalue weighted by atomic mass is 127. The molecule has 0 amide bonds. The first kappa shape index (κ1) is 25.2. The number of methoxy groups -OCH3 is 1. The third-order valence-electron chi connectivity index (χ3n) is 5.38. The number of rotatable bonds is 9. The summed E-state index contributed by atoms with van der Waals surface area (Å²) < 4.78 is 5.25. The number of aliphatic imine (C=N–C) groups is 1. The maximum absolute atomic E-state index is 5.25. The smallest absolute Gasteiger partial charge is 0.190 e. The Balaban J connectivity index is 0.00000341. The molecule has 0 atom stereocenters. The van der Waals surface area contributed by atoms with E-state index in [0.717, 1.165) is 76.1 Å². The standard InChI is InChI=1S/C23H34N6O.HI/c1-24-23(27-14-11-20-6-3-4-12-25-20)26-13-5-15-28-16-18-29(19-17-28)21-7-9-22(30-2)10-8-21;/h3-4,6-10,12H,5,11,13-19H2,1-2H3,(H2,24,26,27);1H. The molecule has 1 aliphatic heterocycles. The second-order valence-corrected chi connectivity index (χ2v) is 7.38. The number of aromatic nitrogens is 1. The highest BCUT2D eigenvalue weighted by molar-refractivity contribution is 14.0. The summed E-state index contributed by atoms with van der Waals surface area (Å²) >= 11 is 0. The van der Waals surface area contributed by atoms with Gasteiger partial charge in [0, 0.05) is 70.3 Å². The molecule has 2 N–H and O–H groups in total. The first-order chi connectivity index (χ1) is 14.8. The van der Waals surface area contributed by atoms with Crippen LogP contribution in [-0.4, -0.2) is 75.8 Å². The SMILES string of the molecule is CN=C(NCCCN1CCN(c2ccc(OC)cc2)CC1)NCCc1ccccn1.I. The number of hydrogen-bond donors (Lipinski definition) is 2. The molecular weight excluding hydrogens is 503 g/mol. The third-order valence-corrected chi connectivity index (χ3v) is 5.38. The third kappa shape index (κ3) is 8.53. The fourth-order valence-electron chi connectivity index (χ4n) is 3.61. The van der Waals surface area contributed by atoms with Crippen molar-refractivity contribution < 1.29 is 4.74 Å². The van der Waals surface area contributed by atoms with Crippen LogP contribution < -0.4 is 20.3 Å². The molecule has 2 aromatic rings. The van der Waals surface area contributed by atoms with E-state index in [-0.39, 0.29) is 24.0 Å². The molecule has 2 heterocycles. The van der Waals surface area contributed by atoms with Gasteiger partial charge >= 0.3 is 0 Å². The lowest BCUT2D eigenvalue weighted by Crippen LogP contribution is -2.47. The van der Waals surface area contributed by atoms with E-state index in [4.69, 9.17) is 4.74 Å². The summed E-state index contributed by atoms with van der Waals surface area (Å²) in [6.45, 7) is 7.18. The number of halogens is 1. The summed E-state index contributed by atoms with van der Waals surface area (Å²) in [5.41, 5.74) is 2.37. The van der Waals surface area contributed by atoms with Crippen LogP contribution in [0.5, 0.6) is 5.75 Å². The molecule has 1 fully saturated rings. The molecule has 31 heavy (non-hydrogen) atoms. The lowest BCUT2D eigenvalue weighted by atomic mass is 10.2. The van der Waals surface area contributed by atoms with Gasteiger partial charge in [0.1, 0.15) is 5.75 Å². The Bertz CT molecular complexity index is 763. The van der Waals surface area contributed by atoms with Crippen molar-refractivity contribution in [2.45, 2.75) is 12.8 Å². The topological polar surface area (TPSA) is 65.0 Å². The molecule has 7 nitrogen and oxygen atoms in total.